The molecular weight excluding hydrogens is 600 g/mol. The molecule has 6 atom stereocenters. The first kappa shape index (κ1) is 31.8. The second kappa shape index (κ2) is 10.6. The van der Waals surface area contributed by atoms with Crippen LogP contribution in [0.5, 0.6) is 0 Å². The lowest BCUT2D eigenvalue weighted by Crippen LogP contribution is -2.45. The van der Waals surface area contributed by atoms with Gasteiger partial charge in [0.05, 0.1) is 12.2 Å². The highest BCUT2D eigenvalue weighted by atomic mass is 31.3. The first-order valence-electron chi connectivity index (χ1n) is 9.03. The van der Waals surface area contributed by atoms with Crippen LogP contribution in [-0.4, -0.2) is 76.4 Å². The molecule has 0 amide bonds. The number of alkyl halides is 5. The Labute approximate surface area is 199 Å². The van der Waals surface area contributed by atoms with Gasteiger partial charge in [-0.15, -0.1) is 0 Å². The quantitative estimate of drug-likeness (QED) is 0.126. The van der Waals surface area contributed by atoms with Gasteiger partial charge in [-0.3, -0.25) is 18.9 Å². The van der Waals surface area contributed by atoms with Crippen molar-refractivity contribution in [2.45, 2.75) is 43.1 Å². The number of nitrogens with one attached hydrogen (secondary N) is 1. The third-order valence-corrected chi connectivity index (χ3v) is 8.11. The number of rotatable bonds is 10. The maximum absolute atomic E-state index is 13.4. The summed E-state index contributed by atoms with van der Waals surface area (Å²) in [6.45, 7) is -3.61. The molecule has 0 spiro atoms. The molecule has 7 N–H and O–H groups in total. The molecule has 1 saturated heterocycles. The van der Waals surface area contributed by atoms with Gasteiger partial charge in [-0.25, -0.2) is 18.5 Å². The van der Waals surface area contributed by atoms with Crippen LogP contribution in [0, 0.1) is 0 Å². The molecular formula is C12H16F5N2O15P3. The monoisotopic (exact) mass is 616 g/mol. The Hall–Kier alpha value is -1.38. The second-order valence-corrected chi connectivity index (χ2v) is 11.6. The number of aromatic nitrogens is 2. The van der Waals surface area contributed by atoms with Gasteiger partial charge in [0.15, 0.2) is 0 Å². The van der Waals surface area contributed by atoms with E-state index in [9.17, 15) is 60.3 Å². The van der Waals surface area contributed by atoms with Crippen LogP contribution in [0.25, 0.3) is 0 Å². The fourth-order valence-electron chi connectivity index (χ4n) is 2.76. The Balaban J connectivity index is 2.22. The first-order valence-corrected chi connectivity index (χ1v) is 13.5. The van der Waals surface area contributed by atoms with Crippen LogP contribution in [0.3, 0.4) is 0 Å². The molecule has 214 valence electrons. The van der Waals surface area contributed by atoms with Crippen LogP contribution < -0.4 is 11.2 Å². The van der Waals surface area contributed by atoms with E-state index in [1.807, 2.05) is 0 Å². The van der Waals surface area contributed by atoms with E-state index in [2.05, 4.69) is 13.1 Å². The molecule has 2 unspecified atom stereocenters. The minimum atomic E-state index is -6.08. The molecule has 0 radical (unpaired) electrons. The molecule has 2 heterocycles. The number of hydrogen-bond donors (Lipinski definition) is 7. The largest absolute Gasteiger partial charge is 0.490 e. The molecule has 17 nitrogen and oxygen atoms in total. The summed E-state index contributed by atoms with van der Waals surface area (Å²) in [5, 5.41) is 20.1. The lowest BCUT2D eigenvalue weighted by Gasteiger charge is -2.21. The van der Waals surface area contributed by atoms with Crippen LogP contribution >= 0.6 is 23.5 Å². The maximum Gasteiger partial charge on any atom is 0.490 e. The number of hydrogen-bond acceptors (Lipinski definition) is 11. The van der Waals surface area contributed by atoms with Crippen molar-refractivity contribution in [3.8, 4) is 0 Å². The average molecular weight is 616 g/mol. The normalized spacial score (nSPS) is 26.6. The van der Waals surface area contributed by atoms with E-state index < -0.39 is 89.9 Å². The summed E-state index contributed by atoms with van der Waals surface area (Å²) >= 11 is 0. The van der Waals surface area contributed by atoms with Crippen molar-refractivity contribution in [2.75, 3.05) is 6.61 Å². The minimum Gasteiger partial charge on any atom is -0.387 e. The number of aliphatic hydroxyl groups is 2. The third kappa shape index (κ3) is 8.30. The summed E-state index contributed by atoms with van der Waals surface area (Å²) in [5.74, 6) is -5.44. The highest BCUT2D eigenvalue weighted by Gasteiger charge is 2.58. The highest BCUT2D eigenvalue weighted by Crippen LogP contribution is 2.66. The zero-order chi connectivity index (χ0) is 28.8. The minimum absolute atomic E-state index is 0.187. The molecule has 2 rings (SSSR count). The molecule has 37 heavy (non-hydrogen) atoms. The van der Waals surface area contributed by atoms with Crippen molar-refractivity contribution < 1.29 is 83.3 Å². The smallest absolute Gasteiger partial charge is 0.387 e. The summed E-state index contributed by atoms with van der Waals surface area (Å²) in [5.41, 5.74) is -4.08. The molecule has 0 aliphatic carbocycles. The number of H-pyrrole nitrogens is 1. The Morgan fingerprint density at radius 1 is 0.973 bits per heavy atom. The molecule has 0 saturated carbocycles. The van der Waals surface area contributed by atoms with Gasteiger partial charge in [0.1, 0.15) is 31.0 Å². The molecule has 1 aliphatic heterocycles. The topological polar surface area (TPSA) is 264 Å². The van der Waals surface area contributed by atoms with E-state index >= 15 is 0 Å². The molecule has 1 aliphatic rings. The van der Waals surface area contributed by atoms with E-state index in [1.54, 1.807) is 0 Å². The van der Waals surface area contributed by atoms with Gasteiger partial charge in [0.2, 0.25) is 0 Å². The van der Waals surface area contributed by atoms with Crippen LogP contribution in [0.15, 0.2) is 15.8 Å². The third-order valence-electron chi connectivity index (χ3n) is 4.31. The van der Waals surface area contributed by atoms with Crippen LogP contribution in [0.4, 0.5) is 22.0 Å². The Morgan fingerprint density at radius 3 is 2.05 bits per heavy atom. The number of ether oxygens (including phenoxy) is 1. The summed E-state index contributed by atoms with van der Waals surface area (Å²) in [4.78, 5) is 60.6. The standard InChI is InChI=1S/C12H16F5N2O15P3/c13-11(14,12(15,16)17)3-19-1-4(9(22)18-10(19)23)8-7(21)6(20)5(32-8)2-31-36(27,28)34-37(29,30)33-35(24,25)26/h1,5-8,20-21H,2-3H2,(H,27,28)(H,29,30)(H,18,22,23)(H2,24,25,26)/t5-,6-,7-,8+/m1/s1. The van der Waals surface area contributed by atoms with E-state index in [-0.39, 0.29) is 10.8 Å². The lowest BCUT2D eigenvalue weighted by molar-refractivity contribution is -0.287. The van der Waals surface area contributed by atoms with E-state index in [4.69, 9.17) is 19.4 Å². The van der Waals surface area contributed by atoms with Gasteiger partial charge in [-0.1, -0.05) is 0 Å². The van der Waals surface area contributed by atoms with Crippen molar-refractivity contribution in [2.24, 2.45) is 0 Å². The number of nitrogens with zero attached hydrogens (tertiary/aromatic N) is 1. The summed E-state index contributed by atoms with van der Waals surface area (Å²) in [6, 6.07) is 0. The van der Waals surface area contributed by atoms with Crippen LogP contribution in [0.1, 0.15) is 11.7 Å². The predicted molar refractivity (Wildman–Crippen MR) is 102 cm³/mol. The molecule has 0 aromatic carbocycles. The zero-order valence-corrected chi connectivity index (χ0v) is 20.0. The van der Waals surface area contributed by atoms with Gasteiger partial charge in [-0.2, -0.15) is 30.6 Å². The summed E-state index contributed by atoms with van der Waals surface area (Å²) in [6.07, 6.45) is -14.2. The number of halogens is 5. The average Bonchev–Trinajstić information content (AvgIpc) is 2.93. The van der Waals surface area contributed by atoms with E-state index in [0.717, 1.165) is 0 Å². The van der Waals surface area contributed by atoms with Crippen molar-refractivity contribution in [1.29, 1.82) is 0 Å². The lowest BCUT2D eigenvalue weighted by atomic mass is 10.0. The Kier molecular flexibility index (Phi) is 9.16. The van der Waals surface area contributed by atoms with Gasteiger partial charge in [-0.05, 0) is 0 Å². The SMILES string of the molecule is O=c1[nH]c(=O)n(CC(F)(F)C(F)(F)F)cc1[C@@H]1O[C@H](COP(=O)(O)OP(=O)(O)OP(=O)(O)O)[C@@H](O)[C@H]1O. The first-order chi connectivity index (χ1) is 16.4. The van der Waals surface area contributed by atoms with Gasteiger partial charge in [0.25, 0.3) is 5.56 Å². The van der Waals surface area contributed by atoms with E-state index in [0.29, 0.717) is 0 Å². The molecule has 25 heteroatoms. The zero-order valence-electron chi connectivity index (χ0n) is 17.3. The van der Waals surface area contributed by atoms with E-state index in [1.165, 1.54) is 4.98 Å². The fourth-order valence-corrected chi connectivity index (χ4v) is 5.79. The number of phosphoric ester groups is 1. The highest BCUT2D eigenvalue weighted by molar-refractivity contribution is 7.66. The van der Waals surface area contributed by atoms with Crippen LogP contribution in [0.2, 0.25) is 0 Å². The Morgan fingerprint density at radius 2 is 1.54 bits per heavy atom. The Bertz CT molecular complexity index is 1260. The van der Waals surface area contributed by atoms with Crippen molar-refractivity contribution in [3.05, 3.63) is 32.6 Å². The predicted octanol–water partition coefficient (Wildman–Crippen LogP) is -0.761. The van der Waals surface area contributed by atoms with Gasteiger partial charge in [0, 0.05) is 6.20 Å². The number of aliphatic hydroxyl groups excluding tert-OH is 2. The van der Waals surface area contributed by atoms with Crippen LogP contribution in [-0.2, 0) is 38.1 Å². The summed E-state index contributed by atoms with van der Waals surface area (Å²) < 4.78 is 114. The van der Waals surface area contributed by atoms with Gasteiger partial charge >= 0.3 is 41.3 Å². The maximum atomic E-state index is 13.4. The van der Waals surface area contributed by atoms with Crippen molar-refractivity contribution >= 4 is 23.5 Å². The molecule has 1 aromatic heterocycles. The van der Waals surface area contributed by atoms with Crippen molar-refractivity contribution in [3.63, 3.8) is 0 Å². The molecule has 1 fully saturated rings. The fraction of sp³-hybridized carbons (Fsp3) is 0.667. The molecule has 0 bridgehead atoms. The van der Waals surface area contributed by atoms with Gasteiger partial charge < -0.3 is 34.5 Å². The number of aromatic amines is 1. The van der Waals surface area contributed by atoms with Crippen molar-refractivity contribution in [1.82, 2.24) is 9.55 Å². The summed E-state index contributed by atoms with van der Waals surface area (Å²) in [7, 11) is -17.3. The second-order valence-electron chi connectivity index (χ2n) is 7.14. The molecule has 1 aromatic rings. The number of phosphoric acid groups is 3.